The summed E-state index contributed by atoms with van der Waals surface area (Å²) in [6, 6.07) is 22.7. The fraction of sp³-hybridized carbons (Fsp3) is 0.174. The van der Waals surface area contributed by atoms with Crippen molar-refractivity contribution in [3.05, 3.63) is 89.5 Å². The highest BCUT2D eigenvalue weighted by atomic mass is 32.2. The molecule has 3 aromatic carbocycles. The van der Waals surface area contributed by atoms with Gasteiger partial charge >= 0.3 is 0 Å². The summed E-state index contributed by atoms with van der Waals surface area (Å²) < 4.78 is 28.5. The Bertz CT molecular complexity index is 1190. The van der Waals surface area contributed by atoms with Gasteiger partial charge in [0.2, 0.25) is 10.0 Å². The van der Waals surface area contributed by atoms with E-state index >= 15 is 0 Å². The molecule has 4 rings (SSSR count). The lowest BCUT2D eigenvalue weighted by atomic mass is 9.97. The third kappa shape index (κ3) is 4.08. The number of aryl methyl sites for hydroxylation is 1. The molecular formula is C23H23N3O3S. The number of sulfonamides is 1. The second kappa shape index (κ2) is 7.93. The van der Waals surface area contributed by atoms with Crippen LogP contribution in [-0.2, 0) is 10.0 Å². The Morgan fingerprint density at radius 1 is 1.03 bits per heavy atom. The first kappa shape index (κ1) is 20.1. The number of primary sulfonamides is 1. The van der Waals surface area contributed by atoms with Gasteiger partial charge in [-0.25, -0.2) is 13.6 Å². The summed E-state index contributed by atoms with van der Waals surface area (Å²) in [6.07, 6.45) is 0.729. The van der Waals surface area contributed by atoms with Crippen LogP contribution in [0.1, 0.15) is 29.2 Å². The van der Waals surface area contributed by atoms with Crippen molar-refractivity contribution in [1.82, 2.24) is 0 Å². The molecule has 0 fully saturated rings. The second-order valence-corrected chi connectivity index (χ2v) is 8.85. The topological polar surface area (TPSA) is 85.0 Å². The number of methoxy groups -OCH3 is 1. The van der Waals surface area contributed by atoms with Gasteiger partial charge in [0.15, 0.2) is 0 Å². The molecule has 1 aliphatic heterocycles. The van der Waals surface area contributed by atoms with E-state index in [0.29, 0.717) is 0 Å². The van der Waals surface area contributed by atoms with Crippen molar-refractivity contribution >= 4 is 21.4 Å². The Kier molecular flexibility index (Phi) is 5.32. The molecule has 0 saturated carbocycles. The molecule has 0 saturated heterocycles. The maximum absolute atomic E-state index is 11.6. The van der Waals surface area contributed by atoms with E-state index in [4.69, 9.17) is 15.0 Å². The number of anilines is 1. The predicted octanol–water partition coefficient (Wildman–Crippen LogP) is 4.01. The number of rotatable bonds is 5. The first-order valence-electron chi connectivity index (χ1n) is 9.56. The SMILES string of the molecule is COc1ccc(C2CC(c3cccc(C)c3)=NN2c2ccc(S(N)(=O)=O)cc2)cc1. The largest absolute Gasteiger partial charge is 0.497 e. The van der Waals surface area contributed by atoms with Crippen LogP contribution in [0.3, 0.4) is 0 Å². The number of hydrazone groups is 1. The van der Waals surface area contributed by atoms with Gasteiger partial charge in [-0.2, -0.15) is 5.10 Å². The summed E-state index contributed by atoms with van der Waals surface area (Å²) in [4.78, 5) is 0.0781. The first-order valence-corrected chi connectivity index (χ1v) is 11.1. The Hall–Kier alpha value is -3.16. The summed E-state index contributed by atoms with van der Waals surface area (Å²) in [5.41, 5.74) is 5.13. The van der Waals surface area contributed by atoms with Crippen molar-refractivity contribution in [3.8, 4) is 5.75 Å². The Morgan fingerprint density at radius 2 is 1.73 bits per heavy atom. The minimum absolute atomic E-state index is 0.0215. The normalized spacial score (nSPS) is 16.4. The smallest absolute Gasteiger partial charge is 0.238 e. The predicted molar refractivity (Wildman–Crippen MR) is 118 cm³/mol. The third-order valence-electron chi connectivity index (χ3n) is 5.19. The van der Waals surface area contributed by atoms with E-state index in [1.165, 1.54) is 17.7 Å². The van der Waals surface area contributed by atoms with Crippen molar-refractivity contribution in [2.24, 2.45) is 10.2 Å². The average Bonchev–Trinajstić information content (AvgIpc) is 3.19. The molecule has 0 aromatic heterocycles. The van der Waals surface area contributed by atoms with Crippen LogP contribution in [0.5, 0.6) is 5.75 Å². The lowest BCUT2D eigenvalue weighted by molar-refractivity contribution is 0.414. The van der Waals surface area contributed by atoms with Crippen LogP contribution < -0.4 is 14.9 Å². The highest BCUT2D eigenvalue weighted by molar-refractivity contribution is 7.89. The zero-order valence-corrected chi connectivity index (χ0v) is 17.6. The minimum atomic E-state index is -3.74. The zero-order valence-electron chi connectivity index (χ0n) is 16.8. The molecule has 7 heteroatoms. The molecule has 0 aliphatic carbocycles. The van der Waals surface area contributed by atoms with Crippen LogP contribution in [0.4, 0.5) is 5.69 Å². The lowest BCUT2D eigenvalue weighted by Gasteiger charge is -2.24. The molecule has 1 aliphatic rings. The van der Waals surface area contributed by atoms with E-state index in [-0.39, 0.29) is 10.9 Å². The molecule has 0 bridgehead atoms. The molecule has 0 amide bonds. The lowest BCUT2D eigenvalue weighted by Crippen LogP contribution is -2.19. The number of ether oxygens (including phenoxy) is 1. The van der Waals surface area contributed by atoms with Gasteiger partial charge in [-0.1, -0.05) is 42.0 Å². The summed E-state index contributed by atoms with van der Waals surface area (Å²) in [5, 5.41) is 12.1. The molecule has 2 N–H and O–H groups in total. The van der Waals surface area contributed by atoms with E-state index < -0.39 is 10.0 Å². The molecule has 3 aromatic rings. The standard InChI is InChI=1S/C23H23N3O3S/c1-16-4-3-5-18(14-16)22-15-23(17-6-10-20(29-2)11-7-17)26(25-22)19-8-12-21(13-9-19)30(24,27)28/h3-14,23H,15H2,1-2H3,(H2,24,27,28). The molecule has 30 heavy (non-hydrogen) atoms. The summed E-state index contributed by atoms with van der Waals surface area (Å²) in [7, 11) is -2.10. The number of hydrogen-bond donors (Lipinski definition) is 1. The van der Waals surface area contributed by atoms with Crippen LogP contribution in [0.15, 0.2) is 82.8 Å². The van der Waals surface area contributed by atoms with Gasteiger partial charge in [-0.05, 0) is 54.4 Å². The van der Waals surface area contributed by atoms with E-state index in [9.17, 15) is 8.42 Å². The van der Waals surface area contributed by atoms with Crippen LogP contribution in [0.25, 0.3) is 0 Å². The van der Waals surface area contributed by atoms with Gasteiger partial charge in [0.1, 0.15) is 5.75 Å². The molecular weight excluding hydrogens is 398 g/mol. The zero-order chi connectivity index (χ0) is 21.3. The summed E-state index contributed by atoms with van der Waals surface area (Å²) in [6.45, 7) is 2.06. The minimum Gasteiger partial charge on any atom is -0.497 e. The Balaban J connectivity index is 1.74. The number of hydrogen-bond acceptors (Lipinski definition) is 5. The monoisotopic (exact) mass is 421 g/mol. The number of nitrogens with two attached hydrogens (primary N) is 1. The van der Waals surface area contributed by atoms with Gasteiger partial charge < -0.3 is 4.74 Å². The first-order chi connectivity index (χ1) is 14.3. The van der Waals surface area contributed by atoms with Gasteiger partial charge in [0, 0.05) is 6.42 Å². The van der Waals surface area contributed by atoms with E-state index in [1.807, 2.05) is 35.3 Å². The maximum atomic E-state index is 11.6. The summed E-state index contributed by atoms with van der Waals surface area (Å²) >= 11 is 0. The quantitative estimate of drug-likeness (QED) is 0.675. The van der Waals surface area contributed by atoms with Crippen molar-refractivity contribution in [2.75, 3.05) is 12.1 Å². The average molecular weight is 422 g/mol. The van der Waals surface area contributed by atoms with Crippen molar-refractivity contribution < 1.29 is 13.2 Å². The fourth-order valence-electron chi connectivity index (χ4n) is 3.62. The van der Waals surface area contributed by atoms with Crippen LogP contribution in [0, 0.1) is 6.92 Å². The number of benzene rings is 3. The Morgan fingerprint density at radius 3 is 2.33 bits per heavy atom. The molecule has 1 atom stereocenters. The third-order valence-corrected chi connectivity index (χ3v) is 6.12. The van der Waals surface area contributed by atoms with Crippen LogP contribution in [-0.4, -0.2) is 21.2 Å². The maximum Gasteiger partial charge on any atom is 0.238 e. The van der Waals surface area contributed by atoms with Crippen molar-refractivity contribution in [1.29, 1.82) is 0 Å². The summed E-state index contributed by atoms with van der Waals surface area (Å²) in [5.74, 6) is 0.792. The Labute approximate surface area is 176 Å². The highest BCUT2D eigenvalue weighted by Crippen LogP contribution is 2.37. The number of nitrogens with zero attached hydrogens (tertiary/aromatic N) is 2. The van der Waals surface area contributed by atoms with E-state index in [1.54, 1.807) is 19.2 Å². The van der Waals surface area contributed by atoms with Crippen molar-refractivity contribution in [2.45, 2.75) is 24.3 Å². The molecule has 1 heterocycles. The molecule has 1 unspecified atom stereocenters. The van der Waals surface area contributed by atoms with Crippen LogP contribution in [0.2, 0.25) is 0 Å². The molecule has 0 spiro atoms. The molecule has 0 radical (unpaired) electrons. The van der Waals surface area contributed by atoms with Gasteiger partial charge in [-0.15, -0.1) is 0 Å². The molecule has 154 valence electrons. The van der Waals surface area contributed by atoms with Crippen molar-refractivity contribution in [3.63, 3.8) is 0 Å². The second-order valence-electron chi connectivity index (χ2n) is 7.29. The molecule has 6 nitrogen and oxygen atoms in total. The van der Waals surface area contributed by atoms with E-state index in [0.717, 1.165) is 34.7 Å². The highest BCUT2D eigenvalue weighted by Gasteiger charge is 2.30. The van der Waals surface area contributed by atoms with Gasteiger partial charge in [0.25, 0.3) is 0 Å². The van der Waals surface area contributed by atoms with Crippen LogP contribution >= 0.6 is 0 Å². The fourth-order valence-corrected chi connectivity index (χ4v) is 4.14. The van der Waals surface area contributed by atoms with Gasteiger partial charge in [0.05, 0.1) is 29.4 Å². The van der Waals surface area contributed by atoms with E-state index in [2.05, 4.69) is 25.1 Å². The van der Waals surface area contributed by atoms with Gasteiger partial charge in [-0.3, -0.25) is 5.01 Å².